The van der Waals surface area contributed by atoms with E-state index in [0.717, 1.165) is 16.8 Å². The van der Waals surface area contributed by atoms with Gasteiger partial charge in [0, 0.05) is 22.6 Å². The van der Waals surface area contributed by atoms with Gasteiger partial charge >= 0.3 is 0 Å². The lowest BCUT2D eigenvalue weighted by atomic mass is 9.87. The Balaban J connectivity index is 1.43. The fourth-order valence-corrected chi connectivity index (χ4v) is 3.94. The average molecular weight is 389 g/mol. The highest BCUT2D eigenvalue weighted by atomic mass is 16.2. The van der Waals surface area contributed by atoms with Crippen LogP contribution < -0.4 is 10.7 Å². The molecule has 5 nitrogen and oxygen atoms in total. The van der Waals surface area contributed by atoms with Gasteiger partial charge in [-0.1, -0.05) is 63.2 Å². The van der Waals surface area contributed by atoms with Gasteiger partial charge in [-0.3, -0.25) is 10.1 Å². The second-order valence-corrected chi connectivity index (χ2v) is 8.81. The minimum atomic E-state index is -0.308. The highest BCUT2D eigenvalue weighted by Gasteiger charge is 2.30. The van der Waals surface area contributed by atoms with Crippen LogP contribution in [-0.4, -0.2) is 23.1 Å². The van der Waals surface area contributed by atoms with Crippen molar-refractivity contribution in [3.8, 4) is 0 Å². The Kier molecular flexibility index (Phi) is 5.01. The van der Waals surface area contributed by atoms with Gasteiger partial charge in [-0.2, -0.15) is 5.10 Å². The molecular formula is C24H28N4O. The molecule has 2 heterocycles. The van der Waals surface area contributed by atoms with Crippen molar-refractivity contribution in [1.82, 2.24) is 15.7 Å². The summed E-state index contributed by atoms with van der Waals surface area (Å²) >= 11 is 0. The van der Waals surface area contributed by atoms with Crippen molar-refractivity contribution < 1.29 is 4.79 Å². The topological polar surface area (TPSA) is 69.3 Å². The maximum Gasteiger partial charge on any atom is 0.257 e. The quantitative estimate of drug-likeness (QED) is 0.465. The van der Waals surface area contributed by atoms with Crippen molar-refractivity contribution in [3.05, 3.63) is 70.9 Å². The van der Waals surface area contributed by atoms with E-state index in [4.69, 9.17) is 0 Å². The minimum Gasteiger partial charge on any atom is -0.357 e. The van der Waals surface area contributed by atoms with E-state index in [9.17, 15) is 4.79 Å². The Bertz CT molecular complexity index is 1060. The molecule has 2 atom stereocenters. The monoisotopic (exact) mass is 388 g/mol. The fraction of sp³-hybridized carbons (Fsp3) is 0.333. The Hall–Kier alpha value is -2.92. The number of aromatic nitrogens is 1. The molecule has 0 radical (unpaired) electrons. The third-order valence-corrected chi connectivity index (χ3v) is 5.62. The molecule has 4 rings (SSSR count). The van der Waals surface area contributed by atoms with Gasteiger partial charge in [0.15, 0.2) is 0 Å². The molecule has 0 aliphatic carbocycles. The molecule has 1 aromatic heterocycles. The fourth-order valence-electron chi connectivity index (χ4n) is 3.94. The third-order valence-electron chi connectivity index (χ3n) is 5.62. The summed E-state index contributed by atoms with van der Waals surface area (Å²) in [6.45, 7) is 8.64. The van der Waals surface area contributed by atoms with E-state index in [2.05, 4.69) is 72.8 Å². The summed E-state index contributed by atoms with van der Waals surface area (Å²) in [7, 11) is 0. The van der Waals surface area contributed by atoms with E-state index in [0.29, 0.717) is 6.42 Å². The predicted molar refractivity (Wildman–Crippen MR) is 118 cm³/mol. The molecule has 2 aromatic carbocycles. The van der Waals surface area contributed by atoms with Gasteiger partial charge in [-0.15, -0.1) is 0 Å². The molecule has 1 amide bonds. The number of amides is 1. The molecule has 150 valence electrons. The molecule has 0 saturated carbocycles. The maximum atomic E-state index is 12.7. The normalized spacial score (nSPS) is 19.4. The number of rotatable bonds is 3. The van der Waals surface area contributed by atoms with Gasteiger partial charge in [0.25, 0.3) is 5.91 Å². The number of hydrazone groups is 1. The molecule has 0 fully saturated rings. The van der Waals surface area contributed by atoms with Crippen LogP contribution in [0.4, 0.5) is 0 Å². The first kappa shape index (κ1) is 19.4. The molecule has 5 heteroatoms. The van der Waals surface area contributed by atoms with Crippen molar-refractivity contribution in [2.75, 3.05) is 0 Å². The standard InChI is InChI=1S/C24H28N4O/c1-15-22-19(18-7-5-6-8-20(18)27-22)13-21(26-15)23(29)28-25-14-16-9-11-17(12-10-16)24(2,3)4/h5-12,14-15,21,26-27H,13H2,1-4H3,(H,28,29)/b25-14+. The first-order chi connectivity index (χ1) is 13.8. The van der Waals surface area contributed by atoms with Crippen LogP contribution >= 0.6 is 0 Å². The molecule has 0 bridgehead atoms. The van der Waals surface area contributed by atoms with Crippen LogP contribution in [-0.2, 0) is 16.6 Å². The number of benzene rings is 2. The van der Waals surface area contributed by atoms with E-state index < -0.39 is 0 Å². The molecule has 1 aliphatic heterocycles. The van der Waals surface area contributed by atoms with Crippen LogP contribution in [0.3, 0.4) is 0 Å². The molecule has 29 heavy (non-hydrogen) atoms. The zero-order valence-electron chi connectivity index (χ0n) is 17.4. The first-order valence-electron chi connectivity index (χ1n) is 10.1. The number of nitrogens with zero attached hydrogens (tertiary/aromatic N) is 1. The van der Waals surface area contributed by atoms with Crippen molar-refractivity contribution in [2.24, 2.45) is 5.10 Å². The summed E-state index contributed by atoms with van der Waals surface area (Å²) in [6, 6.07) is 16.3. The number of H-pyrrole nitrogens is 1. The second-order valence-electron chi connectivity index (χ2n) is 8.81. The number of aromatic amines is 1. The van der Waals surface area contributed by atoms with E-state index in [-0.39, 0.29) is 23.4 Å². The summed E-state index contributed by atoms with van der Waals surface area (Å²) in [4.78, 5) is 16.2. The van der Waals surface area contributed by atoms with Crippen LogP contribution in [0.25, 0.3) is 10.9 Å². The van der Waals surface area contributed by atoms with Gasteiger partial charge in [-0.05, 0) is 41.5 Å². The first-order valence-corrected chi connectivity index (χ1v) is 10.1. The van der Waals surface area contributed by atoms with E-state index in [1.807, 2.05) is 24.3 Å². The Labute approximate surface area is 171 Å². The maximum absolute atomic E-state index is 12.7. The van der Waals surface area contributed by atoms with Crippen LogP contribution in [0.15, 0.2) is 53.6 Å². The third kappa shape index (κ3) is 3.96. The van der Waals surface area contributed by atoms with E-state index >= 15 is 0 Å². The number of nitrogens with one attached hydrogen (secondary N) is 3. The molecule has 3 N–H and O–H groups in total. The lowest BCUT2D eigenvalue weighted by molar-refractivity contribution is -0.123. The lowest BCUT2D eigenvalue weighted by Gasteiger charge is -2.27. The second kappa shape index (κ2) is 7.48. The molecule has 3 aromatic rings. The Morgan fingerprint density at radius 1 is 1.14 bits per heavy atom. The Morgan fingerprint density at radius 3 is 2.59 bits per heavy atom. The summed E-state index contributed by atoms with van der Waals surface area (Å²) in [5, 5.41) is 8.75. The highest BCUT2D eigenvalue weighted by Crippen LogP contribution is 2.31. The van der Waals surface area contributed by atoms with E-state index in [1.165, 1.54) is 16.5 Å². The van der Waals surface area contributed by atoms with Crippen molar-refractivity contribution in [2.45, 2.75) is 51.6 Å². The Morgan fingerprint density at radius 2 is 1.86 bits per heavy atom. The SMILES string of the molecule is CC1NC(C(=O)N/N=C/c2ccc(C(C)(C)C)cc2)Cc2c1[nH]c1ccccc21. The summed E-state index contributed by atoms with van der Waals surface area (Å²) < 4.78 is 0. The van der Waals surface area contributed by atoms with Crippen molar-refractivity contribution >= 4 is 23.0 Å². The molecule has 0 saturated heterocycles. The van der Waals surface area contributed by atoms with Gasteiger partial charge in [-0.25, -0.2) is 5.43 Å². The lowest BCUT2D eigenvalue weighted by Crippen LogP contribution is -2.47. The highest BCUT2D eigenvalue weighted by molar-refractivity contribution is 5.89. The predicted octanol–water partition coefficient (Wildman–Crippen LogP) is 4.19. The number of para-hydroxylation sites is 1. The smallest absolute Gasteiger partial charge is 0.257 e. The number of fused-ring (bicyclic) bond motifs is 3. The van der Waals surface area contributed by atoms with Crippen LogP contribution in [0, 0.1) is 0 Å². The van der Waals surface area contributed by atoms with Gasteiger partial charge in [0.2, 0.25) is 0 Å². The zero-order chi connectivity index (χ0) is 20.6. The number of carbonyl (C=O) groups is 1. The van der Waals surface area contributed by atoms with E-state index in [1.54, 1.807) is 6.21 Å². The van der Waals surface area contributed by atoms with Crippen LogP contribution in [0.1, 0.15) is 56.1 Å². The average Bonchev–Trinajstić information content (AvgIpc) is 3.07. The summed E-state index contributed by atoms with van der Waals surface area (Å²) in [6.07, 6.45) is 2.33. The van der Waals surface area contributed by atoms with Crippen molar-refractivity contribution in [3.63, 3.8) is 0 Å². The van der Waals surface area contributed by atoms with Gasteiger partial charge < -0.3 is 4.98 Å². The molecular weight excluding hydrogens is 360 g/mol. The van der Waals surface area contributed by atoms with Gasteiger partial charge in [0.1, 0.15) is 0 Å². The molecule has 0 spiro atoms. The largest absolute Gasteiger partial charge is 0.357 e. The molecule has 2 unspecified atom stereocenters. The number of carbonyl (C=O) groups excluding carboxylic acids is 1. The number of hydrogen-bond donors (Lipinski definition) is 3. The van der Waals surface area contributed by atoms with Gasteiger partial charge in [0.05, 0.1) is 12.3 Å². The van der Waals surface area contributed by atoms with Crippen LogP contribution in [0.5, 0.6) is 0 Å². The molecule has 1 aliphatic rings. The summed E-state index contributed by atoms with van der Waals surface area (Å²) in [5.41, 5.74) is 8.54. The number of hydrogen-bond acceptors (Lipinski definition) is 3. The summed E-state index contributed by atoms with van der Waals surface area (Å²) in [5.74, 6) is -0.115. The van der Waals surface area contributed by atoms with Crippen molar-refractivity contribution in [1.29, 1.82) is 0 Å². The van der Waals surface area contributed by atoms with Crippen LogP contribution in [0.2, 0.25) is 0 Å². The minimum absolute atomic E-state index is 0.0795. The zero-order valence-corrected chi connectivity index (χ0v) is 17.4.